The van der Waals surface area contributed by atoms with Gasteiger partial charge in [-0.1, -0.05) is 29.5 Å². The predicted octanol–water partition coefficient (Wildman–Crippen LogP) is 1.67. The lowest BCUT2D eigenvalue weighted by atomic mass is 10.2. The Bertz CT molecular complexity index is 1170. The molecular formula is C20H24N6O3S2. The number of amides is 1. The van der Waals surface area contributed by atoms with Crippen LogP contribution in [0.4, 0.5) is 0 Å². The van der Waals surface area contributed by atoms with Gasteiger partial charge in [-0.15, -0.1) is 10.2 Å². The maximum atomic E-state index is 12.4. The summed E-state index contributed by atoms with van der Waals surface area (Å²) in [5.74, 6) is 1.01. The van der Waals surface area contributed by atoms with Gasteiger partial charge in [0.1, 0.15) is 5.03 Å². The predicted molar refractivity (Wildman–Crippen MR) is 117 cm³/mol. The zero-order valence-corrected chi connectivity index (χ0v) is 18.8. The van der Waals surface area contributed by atoms with Crippen LogP contribution in [-0.2, 0) is 21.2 Å². The van der Waals surface area contributed by atoms with Gasteiger partial charge in [-0.3, -0.25) is 4.79 Å². The number of thioether (sulfide) groups is 1. The fourth-order valence-electron chi connectivity index (χ4n) is 3.34. The number of benzene rings is 1. The third kappa shape index (κ3) is 5.23. The molecule has 0 radical (unpaired) electrons. The first-order chi connectivity index (χ1) is 14.9. The van der Waals surface area contributed by atoms with E-state index in [4.69, 9.17) is 0 Å². The van der Waals surface area contributed by atoms with Gasteiger partial charge in [0, 0.05) is 26.1 Å². The Balaban J connectivity index is 1.38. The lowest BCUT2D eigenvalue weighted by Crippen LogP contribution is -2.29. The van der Waals surface area contributed by atoms with Gasteiger partial charge >= 0.3 is 0 Å². The van der Waals surface area contributed by atoms with Crippen LogP contribution in [0.3, 0.4) is 0 Å². The van der Waals surface area contributed by atoms with Crippen molar-refractivity contribution in [3.8, 4) is 0 Å². The standard InChI is InChI=1S/C20H24N6O3S2/c1-15-4-6-16(7-5-15)31(28,29)21-11-10-18-23-22-17-8-9-19(24-26(17)18)30-14-20(27)25-12-2-3-13-25/h4-9,21H,2-3,10-14H2,1H3. The Hall–Kier alpha value is -2.50. The molecule has 11 heteroatoms. The van der Waals surface area contributed by atoms with Gasteiger partial charge in [0.25, 0.3) is 0 Å². The van der Waals surface area contributed by atoms with Crippen LogP contribution in [0.15, 0.2) is 46.3 Å². The minimum Gasteiger partial charge on any atom is -0.342 e. The zero-order chi connectivity index (χ0) is 21.8. The van der Waals surface area contributed by atoms with Gasteiger partial charge in [-0.2, -0.15) is 9.61 Å². The summed E-state index contributed by atoms with van der Waals surface area (Å²) >= 11 is 1.38. The molecule has 9 nitrogen and oxygen atoms in total. The van der Waals surface area contributed by atoms with Crippen LogP contribution in [0, 0.1) is 6.92 Å². The number of likely N-dealkylation sites (tertiary alicyclic amines) is 1. The molecule has 1 N–H and O–H groups in total. The van der Waals surface area contributed by atoms with E-state index in [2.05, 4.69) is 20.0 Å². The highest BCUT2D eigenvalue weighted by atomic mass is 32.2. The molecule has 0 atom stereocenters. The average molecular weight is 461 g/mol. The molecule has 1 amide bonds. The first-order valence-corrected chi connectivity index (χ1v) is 12.6. The van der Waals surface area contributed by atoms with Crippen LogP contribution < -0.4 is 4.72 Å². The molecule has 0 aliphatic carbocycles. The fraction of sp³-hybridized carbons (Fsp3) is 0.400. The Morgan fingerprint density at radius 1 is 1.10 bits per heavy atom. The van der Waals surface area contributed by atoms with Gasteiger partial charge in [0.2, 0.25) is 15.9 Å². The quantitative estimate of drug-likeness (QED) is 0.509. The lowest BCUT2D eigenvalue weighted by molar-refractivity contribution is -0.127. The molecule has 1 aliphatic heterocycles. The number of carbonyl (C=O) groups is 1. The lowest BCUT2D eigenvalue weighted by Gasteiger charge is -2.14. The van der Waals surface area contributed by atoms with Crippen molar-refractivity contribution >= 4 is 33.3 Å². The largest absolute Gasteiger partial charge is 0.342 e. The molecule has 4 rings (SSSR count). The van der Waals surface area contributed by atoms with E-state index in [0.717, 1.165) is 31.5 Å². The molecule has 164 valence electrons. The van der Waals surface area contributed by atoms with E-state index >= 15 is 0 Å². The van der Waals surface area contributed by atoms with Crippen LogP contribution >= 0.6 is 11.8 Å². The second-order valence-corrected chi connectivity index (χ2v) is 10.2. The Kier molecular flexibility index (Phi) is 6.54. The molecule has 1 aliphatic rings. The van der Waals surface area contributed by atoms with E-state index in [9.17, 15) is 13.2 Å². The number of aryl methyl sites for hydroxylation is 1. The second-order valence-electron chi connectivity index (χ2n) is 7.40. The van der Waals surface area contributed by atoms with Crippen LogP contribution in [0.25, 0.3) is 5.65 Å². The monoisotopic (exact) mass is 460 g/mol. The molecule has 0 saturated carbocycles. The molecule has 0 spiro atoms. The topological polar surface area (TPSA) is 110 Å². The number of sulfonamides is 1. The molecular weight excluding hydrogens is 436 g/mol. The van der Waals surface area contributed by atoms with Gasteiger partial charge < -0.3 is 4.90 Å². The first kappa shape index (κ1) is 21.7. The van der Waals surface area contributed by atoms with E-state index in [1.165, 1.54) is 11.8 Å². The first-order valence-electron chi connectivity index (χ1n) is 10.1. The van der Waals surface area contributed by atoms with Crippen molar-refractivity contribution in [3.05, 3.63) is 47.8 Å². The molecule has 3 aromatic rings. The summed E-state index contributed by atoms with van der Waals surface area (Å²) in [5, 5.41) is 13.4. The molecule has 0 bridgehead atoms. The Labute approximate surface area is 185 Å². The summed E-state index contributed by atoms with van der Waals surface area (Å²) in [4.78, 5) is 14.4. The van der Waals surface area contributed by atoms with Crippen molar-refractivity contribution < 1.29 is 13.2 Å². The number of rotatable bonds is 8. The van der Waals surface area contributed by atoms with E-state index in [0.29, 0.717) is 28.7 Å². The van der Waals surface area contributed by atoms with Crippen molar-refractivity contribution in [1.82, 2.24) is 29.4 Å². The smallest absolute Gasteiger partial charge is 0.240 e. The number of nitrogens with zero attached hydrogens (tertiary/aromatic N) is 5. The summed E-state index contributed by atoms with van der Waals surface area (Å²) < 4.78 is 29.1. The van der Waals surface area contributed by atoms with Crippen molar-refractivity contribution in [2.75, 3.05) is 25.4 Å². The van der Waals surface area contributed by atoms with Crippen molar-refractivity contribution in [3.63, 3.8) is 0 Å². The summed E-state index contributed by atoms with van der Waals surface area (Å²) in [6, 6.07) is 10.3. The van der Waals surface area contributed by atoms with Gasteiger partial charge in [0.15, 0.2) is 11.5 Å². The molecule has 2 aromatic heterocycles. The average Bonchev–Trinajstić information content (AvgIpc) is 3.43. The highest BCUT2D eigenvalue weighted by molar-refractivity contribution is 7.99. The van der Waals surface area contributed by atoms with Crippen molar-refractivity contribution in [2.24, 2.45) is 0 Å². The summed E-state index contributed by atoms with van der Waals surface area (Å²) in [6.45, 7) is 3.74. The summed E-state index contributed by atoms with van der Waals surface area (Å²) in [6.07, 6.45) is 2.47. The minimum atomic E-state index is -3.59. The highest BCUT2D eigenvalue weighted by Gasteiger charge is 2.18. The third-order valence-electron chi connectivity index (χ3n) is 5.08. The molecule has 3 heterocycles. The number of hydrogen-bond donors (Lipinski definition) is 1. The molecule has 31 heavy (non-hydrogen) atoms. The number of hydrogen-bond acceptors (Lipinski definition) is 7. The minimum absolute atomic E-state index is 0.124. The molecule has 1 aromatic carbocycles. The van der Waals surface area contributed by atoms with Crippen molar-refractivity contribution in [2.45, 2.75) is 36.1 Å². The zero-order valence-electron chi connectivity index (χ0n) is 17.2. The SMILES string of the molecule is Cc1ccc(S(=O)(=O)NCCc2nnc3ccc(SCC(=O)N4CCCC4)nn23)cc1. The van der Waals surface area contributed by atoms with Gasteiger partial charge in [-0.25, -0.2) is 13.1 Å². The van der Waals surface area contributed by atoms with E-state index in [1.54, 1.807) is 34.8 Å². The van der Waals surface area contributed by atoms with Crippen LogP contribution in [0.2, 0.25) is 0 Å². The van der Waals surface area contributed by atoms with Crippen molar-refractivity contribution in [1.29, 1.82) is 0 Å². The molecule has 0 unspecified atom stereocenters. The number of nitrogens with one attached hydrogen (secondary N) is 1. The molecule has 1 fully saturated rings. The van der Waals surface area contributed by atoms with Gasteiger partial charge in [0.05, 0.1) is 10.6 Å². The highest BCUT2D eigenvalue weighted by Crippen LogP contribution is 2.18. The summed E-state index contributed by atoms with van der Waals surface area (Å²) in [7, 11) is -3.59. The maximum Gasteiger partial charge on any atom is 0.240 e. The Morgan fingerprint density at radius 2 is 1.84 bits per heavy atom. The second kappa shape index (κ2) is 9.33. The normalized spacial score (nSPS) is 14.4. The number of aromatic nitrogens is 4. The van der Waals surface area contributed by atoms with Crippen LogP contribution in [0.5, 0.6) is 0 Å². The van der Waals surface area contributed by atoms with E-state index in [-0.39, 0.29) is 17.3 Å². The van der Waals surface area contributed by atoms with Crippen LogP contribution in [-0.4, -0.2) is 64.4 Å². The molecule has 1 saturated heterocycles. The fourth-order valence-corrected chi connectivity index (χ4v) is 5.13. The number of carbonyl (C=O) groups excluding carboxylic acids is 1. The summed E-state index contributed by atoms with van der Waals surface area (Å²) in [5.41, 5.74) is 1.57. The van der Waals surface area contributed by atoms with Gasteiger partial charge in [-0.05, 0) is 44.0 Å². The van der Waals surface area contributed by atoms with E-state index in [1.807, 2.05) is 17.9 Å². The van der Waals surface area contributed by atoms with E-state index < -0.39 is 10.0 Å². The Morgan fingerprint density at radius 3 is 2.58 bits per heavy atom. The maximum absolute atomic E-state index is 12.4. The third-order valence-corrected chi connectivity index (χ3v) is 7.46. The number of fused-ring (bicyclic) bond motifs is 1. The van der Waals surface area contributed by atoms with Crippen LogP contribution in [0.1, 0.15) is 24.2 Å².